The minimum Gasteiger partial charge on any atom is -0.480 e. The molecular weight excluding hydrogens is 420 g/mol. The van der Waals surface area contributed by atoms with Crippen LogP contribution in [0.25, 0.3) is 0 Å². The van der Waals surface area contributed by atoms with Gasteiger partial charge in [0.15, 0.2) is 0 Å². The molecule has 3 aliphatic rings. The first-order valence-electron chi connectivity index (χ1n) is 11.2. The SMILES string of the molecule is CC(=O)N[C@H](C(=O)N1CCC[C@H]1C(=O)N1CCC[C@H]1C(=O)N1CCC[C@H]1C(=O)O)[C@@H](C)O. The summed E-state index contributed by atoms with van der Waals surface area (Å²) in [6, 6.07) is -3.53. The molecule has 32 heavy (non-hydrogen) atoms. The number of aliphatic carboxylic acids is 1. The van der Waals surface area contributed by atoms with Crippen molar-refractivity contribution < 1.29 is 34.2 Å². The molecule has 11 nitrogen and oxygen atoms in total. The van der Waals surface area contributed by atoms with Crippen LogP contribution >= 0.6 is 0 Å². The summed E-state index contributed by atoms with van der Waals surface area (Å²) in [5, 5.41) is 21.8. The second-order valence-electron chi connectivity index (χ2n) is 8.83. The molecule has 0 radical (unpaired) electrons. The van der Waals surface area contributed by atoms with Crippen molar-refractivity contribution in [2.24, 2.45) is 0 Å². The first kappa shape index (κ1) is 24.0. The fourth-order valence-electron chi connectivity index (χ4n) is 5.03. The van der Waals surface area contributed by atoms with Crippen LogP contribution in [0.15, 0.2) is 0 Å². The zero-order valence-electron chi connectivity index (χ0n) is 18.5. The van der Waals surface area contributed by atoms with Gasteiger partial charge >= 0.3 is 5.97 Å². The van der Waals surface area contributed by atoms with E-state index < -0.39 is 48.1 Å². The Kier molecular flexibility index (Phi) is 7.37. The summed E-state index contributed by atoms with van der Waals surface area (Å²) in [4.78, 5) is 66.8. The lowest BCUT2D eigenvalue weighted by atomic mass is 10.1. The lowest BCUT2D eigenvalue weighted by Gasteiger charge is -2.34. The summed E-state index contributed by atoms with van der Waals surface area (Å²) in [6.45, 7) is 3.69. The molecule has 0 aromatic rings. The van der Waals surface area contributed by atoms with E-state index in [-0.39, 0.29) is 11.8 Å². The van der Waals surface area contributed by atoms with Crippen LogP contribution in [0.1, 0.15) is 52.4 Å². The highest BCUT2D eigenvalue weighted by Gasteiger charge is 2.46. The Labute approximate surface area is 186 Å². The van der Waals surface area contributed by atoms with Crippen LogP contribution in [0, 0.1) is 0 Å². The van der Waals surface area contributed by atoms with E-state index in [1.807, 2.05) is 0 Å². The molecule has 0 spiro atoms. The number of carbonyl (C=O) groups excluding carboxylic acids is 4. The van der Waals surface area contributed by atoms with Gasteiger partial charge in [-0.25, -0.2) is 4.79 Å². The monoisotopic (exact) mass is 452 g/mol. The van der Waals surface area contributed by atoms with Crippen molar-refractivity contribution in [1.29, 1.82) is 0 Å². The zero-order valence-corrected chi connectivity index (χ0v) is 18.5. The fourth-order valence-corrected chi connectivity index (χ4v) is 5.03. The van der Waals surface area contributed by atoms with Crippen molar-refractivity contribution >= 4 is 29.6 Å². The summed E-state index contributed by atoms with van der Waals surface area (Å²) in [5.74, 6) is -2.73. The minimum absolute atomic E-state index is 0.317. The average molecular weight is 453 g/mol. The molecule has 5 atom stereocenters. The van der Waals surface area contributed by atoms with Crippen LogP contribution in [0.2, 0.25) is 0 Å². The lowest BCUT2D eigenvalue weighted by Crippen LogP contribution is -2.58. The molecule has 3 fully saturated rings. The number of amides is 4. The van der Waals surface area contributed by atoms with Crippen molar-refractivity contribution in [3.8, 4) is 0 Å². The highest BCUT2D eigenvalue weighted by molar-refractivity contribution is 5.96. The standard InChI is InChI=1S/C21H32N4O7/c1-12(26)17(22-13(2)27)20(30)24-10-4-7-15(24)18(28)23-9-3-6-14(23)19(29)25-11-5-8-16(25)21(31)32/h12,14-17,26H,3-11H2,1-2H3,(H,22,27)(H,31,32)/t12-,14+,15+,16+,17+/m1/s1. The highest BCUT2D eigenvalue weighted by atomic mass is 16.4. The van der Waals surface area contributed by atoms with Crippen LogP contribution in [0.5, 0.6) is 0 Å². The number of carbonyl (C=O) groups is 5. The first-order valence-corrected chi connectivity index (χ1v) is 11.2. The van der Waals surface area contributed by atoms with Gasteiger partial charge in [-0.2, -0.15) is 0 Å². The van der Waals surface area contributed by atoms with Crippen molar-refractivity contribution in [2.45, 2.75) is 82.6 Å². The van der Waals surface area contributed by atoms with Crippen LogP contribution in [-0.4, -0.2) is 104 Å². The second-order valence-corrected chi connectivity index (χ2v) is 8.83. The van der Waals surface area contributed by atoms with E-state index in [1.54, 1.807) is 0 Å². The van der Waals surface area contributed by atoms with Gasteiger partial charge in [-0.3, -0.25) is 19.2 Å². The number of likely N-dealkylation sites (tertiary alicyclic amines) is 3. The number of hydrogen-bond donors (Lipinski definition) is 3. The summed E-state index contributed by atoms with van der Waals surface area (Å²) in [5.41, 5.74) is 0. The van der Waals surface area contributed by atoms with Gasteiger partial charge in [0.1, 0.15) is 24.2 Å². The van der Waals surface area contributed by atoms with Crippen molar-refractivity contribution in [3.05, 3.63) is 0 Å². The van der Waals surface area contributed by atoms with Crippen molar-refractivity contribution in [3.63, 3.8) is 0 Å². The van der Waals surface area contributed by atoms with Gasteiger partial charge in [-0.1, -0.05) is 0 Å². The summed E-state index contributed by atoms with van der Waals surface area (Å²) in [7, 11) is 0. The molecule has 3 heterocycles. The quantitative estimate of drug-likeness (QED) is 0.465. The van der Waals surface area contributed by atoms with E-state index in [1.165, 1.54) is 28.5 Å². The molecule has 0 aliphatic carbocycles. The summed E-state index contributed by atoms with van der Waals surface area (Å²) in [6.07, 6.45) is 1.97. The van der Waals surface area contributed by atoms with Crippen molar-refractivity contribution in [1.82, 2.24) is 20.0 Å². The third-order valence-electron chi connectivity index (χ3n) is 6.57. The third kappa shape index (κ3) is 4.72. The van der Waals surface area contributed by atoms with E-state index in [0.29, 0.717) is 58.2 Å². The molecular formula is C21H32N4O7. The van der Waals surface area contributed by atoms with Crippen molar-refractivity contribution in [2.75, 3.05) is 19.6 Å². The predicted octanol–water partition coefficient (Wildman–Crippen LogP) is -1.07. The third-order valence-corrected chi connectivity index (χ3v) is 6.57. The molecule has 4 amide bonds. The maximum atomic E-state index is 13.4. The van der Waals surface area contributed by atoms with Crippen LogP contribution in [0.4, 0.5) is 0 Å². The molecule has 0 unspecified atom stereocenters. The topological polar surface area (TPSA) is 148 Å². The summed E-state index contributed by atoms with van der Waals surface area (Å²) >= 11 is 0. The molecule has 0 aromatic heterocycles. The lowest BCUT2D eigenvalue weighted by molar-refractivity contribution is -0.154. The van der Waals surface area contributed by atoms with Gasteiger partial charge in [0, 0.05) is 26.6 Å². The molecule has 0 aromatic carbocycles. The Morgan fingerprint density at radius 2 is 1.25 bits per heavy atom. The Morgan fingerprint density at radius 1 is 0.812 bits per heavy atom. The largest absolute Gasteiger partial charge is 0.480 e. The number of aliphatic hydroxyl groups excluding tert-OH is 1. The molecule has 3 aliphatic heterocycles. The van der Waals surface area contributed by atoms with Crippen LogP contribution in [-0.2, 0) is 24.0 Å². The second kappa shape index (κ2) is 9.85. The Balaban J connectivity index is 1.75. The van der Waals surface area contributed by atoms with Gasteiger partial charge in [0.05, 0.1) is 6.10 Å². The maximum Gasteiger partial charge on any atom is 0.326 e. The van der Waals surface area contributed by atoms with Gasteiger partial charge in [0.25, 0.3) is 0 Å². The Hall–Kier alpha value is -2.69. The van der Waals surface area contributed by atoms with Gasteiger partial charge in [0.2, 0.25) is 23.6 Å². The number of carboxylic acids is 1. The van der Waals surface area contributed by atoms with Gasteiger partial charge in [-0.05, 0) is 45.4 Å². The minimum atomic E-state index is -1.15. The van der Waals surface area contributed by atoms with Gasteiger partial charge in [-0.15, -0.1) is 0 Å². The number of carboxylic acid groups (broad SMARTS) is 1. The number of rotatable bonds is 6. The Bertz CT molecular complexity index is 752. The number of nitrogens with zero attached hydrogens (tertiary/aromatic N) is 3. The van der Waals surface area contributed by atoms with E-state index in [4.69, 9.17) is 0 Å². The van der Waals surface area contributed by atoms with Crippen LogP contribution in [0.3, 0.4) is 0 Å². The molecule has 3 N–H and O–H groups in total. The molecule has 0 bridgehead atoms. The fraction of sp³-hybridized carbons (Fsp3) is 0.762. The van der Waals surface area contributed by atoms with Gasteiger partial charge < -0.3 is 30.2 Å². The maximum absolute atomic E-state index is 13.4. The highest BCUT2D eigenvalue weighted by Crippen LogP contribution is 2.28. The predicted molar refractivity (Wildman–Crippen MR) is 111 cm³/mol. The molecule has 3 saturated heterocycles. The van der Waals surface area contributed by atoms with E-state index in [9.17, 15) is 34.2 Å². The average Bonchev–Trinajstić information content (AvgIpc) is 3.49. The van der Waals surface area contributed by atoms with E-state index in [2.05, 4.69) is 5.32 Å². The molecule has 0 saturated carbocycles. The number of nitrogens with one attached hydrogen (secondary N) is 1. The van der Waals surface area contributed by atoms with Crippen LogP contribution < -0.4 is 5.32 Å². The normalized spacial score (nSPS) is 27.3. The molecule has 3 rings (SSSR count). The Morgan fingerprint density at radius 3 is 1.72 bits per heavy atom. The van der Waals surface area contributed by atoms with E-state index in [0.717, 1.165) is 0 Å². The van der Waals surface area contributed by atoms with E-state index >= 15 is 0 Å². The zero-order chi connectivity index (χ0) is 23.6. The first-order chi connectivity index (χ1) is 15.1. The number of hydrogen-bond acceptors (Lipinski definition) is 6. The smallest absolute Gasteiger partial charge is 0.326 e. The number of aliphatic hydroxyl groups is 1. The summed E-state index contributed by atoms with van der Waals surface area (Å²) < 4.78 is 0. The molecule has 11 heteroatoms. The molecule has 178 valence electrons.